The van der Waals surface area contributed by atoms with E-state index in [4.69, 9.17) is 0 Å². The molecule has 19 heavy (non-hydrogen) atoms. The Labute approximate surface area is 115 Å². The molecule has 1 amide bonds. The first-order valence-corrected chi connectivity index (χ1v) is 6.63. The van der Waals surface area contributed by atoms with Crippen LogP contribution < -0.4 is 10.2 Å². The van der Waals surface area contributed by atoms with Crippen LogP contribution in [0.5, 0.6) is 0 Å². The summed E-state index contributed by atoms with van der Waals surface area (Å²) in [6.45, 7) is 4.36. The molecule has 0 radical (unpaired) electrons. The van der Waals surface area contributed by atoms with E-state index in [1.165, 1.54) is 0 Å². The van der Waals surface area contributed by atoms with Crippen molar-refractivity contribution in [2.45, 2.75) is 26.4 Å². The summed E-state index contributed by atoms with van der Waals surface area (Å²) in [5, 5.41) is 12.2. The predicted octanol–water partition coefficient (Wildman–Crippen LogP) is 1.89. The van der Waals surface area contributed by atoms with Gasteiger partial charge in [-0.3, -0.25) is 4.79 Å². The molecule has 0 fully saturated rings. The molecule has 0 bridgehead atoms. The van der Waals surface area contributed by atoms with Crippen LogP contribution >= 0.6 is 0 Å². The maximum atomic E-state index is 11.9. The number of carbonyl (C=O) groups is 1. The summed E-state index contributed by atoms with van der Waals surface area (Å²) in [7, 11) is 3.93. The molecule has 0 aliphatic rings. The summed E-state index contributed by atoms with van der Waals surface area (Å²) in [5.41, 5.74) is 1.73. The number of anilines is 1. The summed E-state index contributed by atoms with van der Waals surface area (Å²) < 4.78 is 0. The van der Waals surface area contributed by atoms with Crippen molar-refractivity contribution in [3.63, 3.8) is 0 Å². The van der Waals surface area contributed by atoms with Crippen LogP contribution in [0.3, 0.4) is 0 Å². The van der Waals surface area contributed by atoms with E-state index in [1.807, 2.05) is 50.2 Å². The number of benzene rings is 1. The van der Waals surface area contributed by atoms with Crippen LogP contribution in [0.1, 0.15) is 30.6 Å². The second-order valence-electron chi connectivity index (χ2n) is 5.34. The average molecular weight is 264 g/mol. The maximum absolute atomic E-state index is 11.9. The lowest BCUT2D eigenvalue weighted by Crippen LogP contribution is -2.29. The third kappa shape index (κ3) is 5.30. The fourth-order valence-electron chi connectivity index (χ4n) is 1.95. The van der Waals surface area contributed by atoms with Crippen molar-refractivity contribution in [3.05, 3.63) is 29.8 Å². The van der Waals surface area contributed by atoms with Gasteiger partial charge in [-0.15, -0.1) is 0 Å². The van der Waals surface area contributed by atoms with E-state index in [9.17, 15) is 9.90 Å². The molecule has 0 aromatic heterocycles. The normalized spacial score (nSPS) is 13.7. The van der Waals surface area contributed by atoms with Gasteiger partial charge in [-0.25, -0.2) is 0 Å². The van der Waals surface area contributed by atoms with Gasteiger partial charge < -0.3 is 15.3 Å². The molecule has 0 unspecified atom stereocenters. The van der Waals surface area contributed by atoms with E-state index < -0.39 is 0 Å². The molecule has 2 atom stereocenters. The van der Waals surface area contributed by atoms with Crippen LogP contribution in [-0.4, -0.2) is 37.8 Å². The lowest BCUT2D eigenvalue weighted by Gasteiger charge is -2.15. The number of aliphatic hydroxyl groups is 1. The highest BCUT2D eigenvalue weighted by Crippen LogP contribution is 2.12. The van der Waals surface area contributed by atoms with Gasteiger partial charge >= 0.3 is 0 Å². The average Bonchev–Trinajstić information content (AvgIpc) is 2.35. The lowest BCUT2D eigenvalue weighted by atomic mass is 10.0. The number of aliphatic hydroxyl groups excluding tert-OH is 1. The SMILES string of the molecule is C[C@@H](CNC(=O)c1ccc(N(C)C)cc1)C[C@@H](C)O. The molecule has 0 spiro atoms. The van der Waals surface area contributed by atoms with Crippen molar-refractivity contribution in [2.24, 2.45) is 5.92 Å². The van der Waals surface area contributed by atoms with Crippen LogP contribution in [0.25, 0.3) is 0 Å². The Morgan fingerprint density at radius 2 is 1.84 bits per heavy atom. The highest BCUT2D eigenvalue weighted by Gasteiger charge is 2.10. The van der Waals surface area contributed by atoms with E-state index in [-0.39, 0.29) is 17.9 Å². The standard InChI is InChI=1S/C15H24N2O2/c1-11(9-12(2)18)10-16-15(19)13-5-7-14(8-6-13)17(3)4/h5-8,11-12,18H,9-10H2,1-4H3,(H,16,19)/t11-,12-/m1/s1. The van der Waals surface area contributed by atoms with Crippen LogP contribution in [0.4, 0.5) is 5.69 Å². The second-order valence-corrected chi connectivity index (χ2v) is 5.34. The second kappa shape index (κ2) is 7.14. The van der Waals surface area contributed by atoms with Gasteiger partial charge in [0.15, 0.2) is 0 Å². The molecule has 2 N–H and O–H groups in total. The zero-order chi connectivity index (χ0) is 14.4. The number of nitrogens with zero attached hydrogens (tertiary/aromatic N) is 1. The van der Waals surface area contributed by atoms with E-state index in [2.05, 4.69) is 5.32 Å². The number of nitrogens with one attached hydrogen (secondary N) is 1. The molecule has 0 saturated heterocycles. The lowest BCUT2D eigenvalue weighted by molar-refractivity contribution is 0.0939. The molecule has 0 heterocycles. The predicted molar refractivity (Wildman–Crippen MR) is 78.6 cm³/mol. The maximum Gasteiger partial charge on any atom is 0.251 e. The monoisotopic (exact) mass is 264 g/mol. The highest BCUT2D eigenvalue weighted by atomic mass is 16.3. The van der Waals surface area contributed by atoms with E-state index >= 15 is 0 Å². The Morgan fingerprint density at radius 3 is 2.32 bits per heavy atom. The minimum Gasteiger partial charge on any atom is -0.393 e. The number of hydrogen-bond donors (Lipinski definition) is 2. The first-order valence-electron chi connectivity index (χ1n) is 6.63. The van der Waals surface area contributed by atoms with Gasteiger partial charge in [0.05, 0.1) is 6.10 Å². The molecule has 106 valence electrons. The molecule has 0 saturated carbocycles. The zero-order valence-electron chi connectivity index (χ0n) is 12.2. The van der Waals surface area contributed by atoms with Crippen LogP contribution in [0.2, 0.25) is 0 Å². The number of carbonyl (C=O) groups excluding carboxylic acids is 1. The first kappa shape index (κ1) is 15.5. The Hall–Kier alpha value is -1.55. The van der Waals surface area contributed by atoms with Gasteiger partial charge in [-0.05, 0) is 43.5 Å². The molecule has 1 rings (SSSR count). The van der Waals surface area contributed by atoms with Crippen molar-refractivity contribution in [1.82, 2.24) is 5.32 Å². The highest BCUT2D eigenvalue weighted by molar-refractivity contribution is 5.94. The third-order valence-corrected chi connectivity index (χ3v) is 3.00. The van der Waals surface area contributed by atoms with Crippen molar-refractivity contribution in [1.29, 1.82) is 0 Å². The number of hydrogen-bond acceptors (Lipinski definition) is 3. The summed E-state index contributed by atoms with van der Waals surface area (Å²) in [5.74, 6) is 0.202. The molecule has 1 aromatic rings. The summed E-state index contributed by atoms with van der Waals surface area (Å²) in [6.07, 6.45) is 0.367. The summed E-state index contributed by atoms with van der Waals surface area (Å²) in [4.78, 5) is 13.9. The van der Waals surface area contributed by atoms with Crippen LogP contribution in [0.15, 0.2) is 24.3 Å². The van der Waals surface area contributed by atoms with E-state index in [0.29, 0.717) is 18.5 Å². The van der Waals surface area contributed by atoms with Crippen molar-refractivity contribution >= 4 is 11.6 Å². The Morgan fingerprint density at radius 1 is 1.26 bits per heavy atom. The molecule has 4 nitrogen and oxygen atoms in total. The van der Waals surface area contributed by atoms with Gasteiger partial charge in [-0.2, -0.15) is 0 Å². The molecule has 0 aliphatic carbocycles. The molecule has 0 aliphatic heterocycles. The van der Waals surface area contributed by atoms with Crippen molar-refractivity contribution in [2.75, 3.05) is 25.5 Å². The van der Waals surface area contributed by atoms with E-state index in [1.54, 1.807) is 6.92 Å². The van der Waals surface area contributed by atoms with Crippen LogP contribution in [0, 0.1) is 5.92 Å². The Bertz CT molecular complexity index is 399. The molecular formula is C15H24N2O2. The third-order valence-electron chi connectivity index (χ3n) is 3.00. The fourth-order valence-corrected chi connectivity index (χ4v) is 1.95. The Balaban J connectivity index is 2.49. The Kier molecular flexibility index (Phi) is 5.83. The smallest absolute Gasteiger partial charge is 0.251 e. The van der Waals surface area contributed by atoms with E-state index in [0.717, 1.165) is 5.69 Å². The molecule has 1 aromatic carbocycles. The van der Waals surface area contributed by atoms with Gasteiger partial charge in [-0.1, -0.05) is 6.92 Å². The fraction of sp³-hybridized carbons (Fsp3) is 0.533. The van der Waals surface area contributed by atoms with Crippen LogP contribution in [-0.2, 0) is 0 Å². The summed E-state index contributed by atoms with van der Waals surface area (Å²) in [6, 6.07) is 7.50. The van der Waals surface area contributed by atoms with Gasteiger partial charge in [0.25, 0.3) is 5.91 Å². The van der Waals surface area contributed by atoms with Gasteiger partial charge in [0, 0.05) is 31.9 Å². The topological polar surface area (TPSA) is 52.6 Å². The van der Waals surface area contributed by atoms with Crippen molar-refractivity contribution < 1.29 is 9.90 Å². The molecular weight excluding hydrogens is 240 g/mol. The minimum atomic E-state index is -0.328. The number of amides is 1. The van der Waals surface area contributed by atoms with Gasteiger partial charge in [0.2, 0.25) is 0 Å². The number of rotatable bonds is 6. The largest absolute Gasteiger partial charge is 0.393 e. The molecule has 4 heteroatoms. The first-order chi connectivity index (χ1) is 8.90. The van der Waals surface area contributed by atoms with Crippen molar-refractivity contribution in [3.8, 4) is 0 Å². The minimum absolute atomic E-state index is 0.0669. The zero-order valence-corrected chi connectivity index (χ0v) is 12.2. The summed E-state index contributed by atoms with van der Waals surface area (Å²) >= 11 is 0. The quantitative estimate of drug-likeness (QED) is 0.825. The van der Waals surface area contributed by atoms with Gasteiger partial charge in [0.1, 0.15) is 0 Å².